The van der Waals surface area contributed by atoms with Gasteiger partial charge in [-0.25, -0.2) is 0 Å². The van der Waals surface area contributed by atoms with Gasteiger partial charge in [0.05, 0.1) is 25.4 Å². The second-order valence-corrected chi connectivity index (χ2v) is 23.5. The average Bonchev–Trinajstić information content (AvgIpc) is 3.40. The lowest BCUT2D eigenvalue weighted by molar-refractivity contribution is -0.143. The second kappa shape index (κ2) is 64.1. The fraction of sp³-hybridized carbons (Fsp3) is 0.941. The third-order valence-electron chi connectivity index (χ3n) is 16.1. The predicted octanol–water partition coefficient (Wildman–Crippen LogP) is 21.6. The van der Waals surface area contributed by atoms with Crippen LogP contribution in [0.4, 0.5) is 0 Å². The van der Waals surface area contributed by atoms with E-state index in [1.807, 2.05) is 6.08 Å². The second-order valence-electron chi connectivity index (χ2n) is 23.5. The molecule has 3 N–H and O–H groups in total. The molecule has 0 heterocycles. The highest BCUT2D eigenvalue weighted by Gasteiger charge is 2.18. The Kier molecular flexibility index (Phi) is 62.9. The number of esters is 1. The molecule has 0 saturated heterocycles. The minimum absolute atomic E-state index is 0.0227. The summed E-state index contributed by atoms with van der Waals surface area (Å²) in [5, 5.41) is 23.1. The van der Waals surface area contributed by atoms with E-state index in [9.17, 15) is 19.8 Å². The SMILES string of the molecule is CCCCCCCCCCCC/C=C/C(O)C(CO)NC(=O)CCCCCCCCCCCCCCCCCCCCCCCCCCCCCCCCCCCOC(=O)CCCCCCCCCCCCCC. The molecular formula is C68H133NO5. The number of rotatable bonds is 64. The molecule has 0 saturated carbocycles. The number of ether oxygens (including phenoxy) is 1. The number of amides is 1. The van der Waals surface area contributed by atoms with Gasteiger partial charge in [-0.1, -0.05) is 353 Å². The van der Waals surface area contributed by atoms with E-state index in [1.54, 1.807) is 6.08 Å². The van der Waals surface area contributed by atoms with E-state index in [2.05, 4.69) is 19.2 Å². The normalized spacial score (nSPS) is 12.5. The number of carbonyl (C=O) groups excluding carboxylic acids is 2. The smallest absolute Gasteiger partial charge is 0.305 e. The van der Waals surface area contributed by atoms with Crippen molar-refractivity contribution in [1.82, 2.24) is 5.32 Å². The molecule has 1 amide bonds. The number of hydrogen-bond acceptors (Lipinski definition) is 5. The summed E-state index contributed by atoms with van der Waals surface area (Å²) in [5.41, 5.74) is 0. The standard InChI is InChI=1S/C68H133NO5/c1-3-5-7-9-11-13-15-40-44-48-52-56-60-66(71)65(64-70)69-67(72)61-57-53-49-45-41-38-36-34-32-30-28-26-24-22-20-18-17-19-21-23-25-27-29-31-33-35-37-39-43-47-51-55-59-63-74-68(73)62-58-54-50-46-42-16-14-12-10-8-6-4-2/h56,60,65-66,70-71H,3-55,57-59,61-64H2,1-2H3,(H,69,72)/b60-56+. The molecule has 0 aliphatic rings. The molecule has 0 radical (unpaired) electrons. The molecule has 0 aromatic rings. The van der Waals surface area contributed by atoms with E-state index in [1.165, 1.54) is 321 Å². The van der Waals surface area contributed by atoms with Crippen LogP contribution in [0.1, 0.15) is 386 Å². The van der Waals surface area contributed by atoms with Crippen molar-refractivity contribution < 1.29 is 24.5 Å². The lowest BCUT2D eigenvalue weighted by Crippen LogP contribution is -2.45. The molecule has 440 valence electrons. The van der Waals surface area contributed by atoms with Crippen molar-refractivity contribution in [2.45, 2.75) is 398 Å². The van der Waals surface area contributed by atoms with E-state index < -0.39 is 12.1 Å². The molecule has 2 atom stereocenters. The third-order valence-corrected chi connectivity index (χ3v) is 16.1. The van der Waals surface area contributed by atoms with Crippen LogP contribution in [0.25, 0.3) is 0 Å². The van der Waals surface area contributed by atoms with E-state index in [0.29, 0.717) is 19.4 Å². The van der Waals surface area contributed by atoms with Crippen molar-refractivity contribution in [3.05, 3.63) is 12.2 Å². The summed E-state index contributed by atoms with van der Waals surface area (Å²) in [6.07, 6.45) is 78.7. The molecule has 0 aromatic heterocycles. The molecule has 0 aliphatic carbocycles. The van der Waals surface area contributed by atoms with Crippen molar-refractivity contribution in [2.75, 3.05) is 13.2 Å². The Bertz CT molecular complexity index is 1110. The first-order valence-electron chi connectivity index (χ1n) is 34.0. The van der Waals surface area contributed by atoms with Crippen LogP contribution in [0.2, 0.25) is 0 Å². The summed E-state index contributed by atoms with van der Waals surface area (Å²) in [4.78, 5) is 24.5. The molecule has 2 unspecified atom stereocenters. The Hall–Kier alpha value is -1.40. The minimum Gasteiger partial charge on any atom is -0.466 e. The average molecular weight is 1040 g/mol. The van der Waals surface area contributed by atoms with Gasteiger partial charge >= 0.3 is 5.97 Å². The van der Waals surface area contributed by atoms with Gasteiger partial charge in [0.25, 0.3) is 0 Å². The maximum Gasteiger partial charge on any atom is 0.305 e. The van der Waals surface area contributed by atoms with Gasteiger partial charge in [-0.2, -0.15) is 0 Å². The Balaban J connectivity index is 3.30. The molecule has 6 heteroatoms. The quantitative estimate of drug-likeness (QED) is 0.0320. The number of allylic oxidation sites excluding steroid dienone is 1. The van der Waals surface area contributed by atoms with Gasteiger partial charge in [0, 0.05) is 12.8 Å². The van der Waals surface area contributed by atoms with Crippen molar-refractivity contribution >= 4 is 11.9 Å². The molecule has 0 rings (SSSR count). The van der Waals surface area contributed by atoms with E-state index in [4.69, 9.17) is 4.74 Å². The van der Waals surface area contributed by atoms with Crippen molar-refractivity contribution in [3.63, 3.8) is 0 Å². The summed E-state index contributed by atoms with van der Waals surface area (Å²) in [6, 6.07) is -0.622. The highest BCUT2D eigenvalue weighted by molar-refractivity contribution is 5.76. The van der Waals surface area contributed by atoms with Gasteiger partial charge in [-0.05, 0) is 32.1 Å². The van der Waals surface area contributed by atoms with E-state index in [0.717, 1.165) is 38.5 Å². The fourth-order valence-corrected chi connectivity index (χ4v) is 10.9. The van der Waals surface area contributed by atoms with Gasteiger partial charge in [-0.15, -0.1) is 0 Å². The van der Waals surface area contributed by atoms with Crippen LogP contribution in [0.5, 0.6) is 0 Å². The molecule has 0 aromatic carbocycles. The summed E-state index contributed by atoms with van der Waals surface area (Å²) >= 11 is 0. The fourth-order valence-electron chi connectivity index (χ4n) is 10.9. The lowest BCUT2D eigenvalue weighted by Gasteiger charge is -2.20. The summed E-state index contributed by atoms with van der Waals surface area (Å²) < 4.78 is 5.48. The number of carbonyl (C=O) groups is 2. The number of hydrogen-bond donors (Lipinski definition) is 3. The van der Waals surface area contributed by atoms with Crippen LogP contribution in [-0.4, -0.2) is 47.4 Å². The molecule has 0 fully saturated rings. The van der Waals surface area contributed by atoms with Crippen LogP contribution in [-0.2, 0) is 14.3 Å². The first-order valence-corrected chi connectivity index (χ1v) is 34.0. The van der Waals surface area contributed by atoms with Gasteiger partial charge in [0.2, 0.25) is 5.91 Å². The van der Waals surface area contributed by atoms with Gasteiger partial charge in [0.1, 0.15) is 0 Å². The zero-order valence-corrected chi connectivity index (χ0v) is 50.4. The topological polar surface area (TPSA) is 95.9 Å². The minimum atomic E-state index is -0.839. The number of nitrogens with one attached hydrogen (secondary N) is 1. The third kappa shape index (κ3) is 59.8. The molecule has 0 bridgehead atoms. The van der Waals surface area contributed by atoms with E-state index in [-0.39, 0.29) is 18.5 Å². The van der Waals surface area contributed by atoms with Gasteiger partial charge in [0.15, 0.2) is 0 Å². The summed E-state index contributed by atoms with van der Waals surface area (Å²) in [7, 11) is 0. The first kappa shape index (κ1) is 72.6. The molecule has 74 heavy (non-hydrogen) atoms. The highest BCUT2D eigenvalue weighted by atomic mass is 16.5. The Morgan fingerprint density at radius 2 is 0.622 bits per heavy atom. The molecule has 0 spiro atoms. The van der Waals surface area contributed by atoms with Crippen molar-refractivity contribution in [3.8, 4) is 0 Å². The monoisotopic (exact) mass is 1040 g/mol. The summed E-state index contributed by atoms with van der Waals surface area (Å²) in [6.45, 7) is 4.93. The Morgan fingerprint density at radius 3 is 0.919 bits per heavy atom. The number of unbranched alkanes of at least 4 members (excludes halogenated alkanes) is 53. The Morgan fingerprint density at radius 1 is 0.365 bits per heavy atom. The lowest BCUT2D eigenvalue weighted by atomic mass is 10.0. The molecular weight excluding hydrogens is 911 g/mol. The van der Waals surface area contributed by atoms with Crippen LogP contribution in [0.15, 0.2) is 12.2 Å². The predicted molar refractivity (Wildman–Crippen MR) is 324 cm³/mol. The molecule has 6 nitrogen and oxygen atoms in total. The number of aliphatic hydroxyl groups is 2. The van der Waals surface area contributed by atoms with Gasteiger partial charge in [-0.3, -0.25) is 9.59 Å². The Labute approximate surface area is 463 Å². The van der Waals surface area contributed by atoms with E-state index >= 15 is 0 Å². The van der Waals surface area contributed by atoms with Gasteiger partial charge < -0.3 is 20.3 Å². The van der Waals surface area contributed by atoms with Crippen LogP contribution in [0, 0.1) is 0 Å². The highest BCUT2D eigenvalue weighted by Crippen LogP contribution is 2.19. The maximum absolute atomic E-state index is 12.4. The zero-order valence-electron chi connectivity index (χ0n) is 50.4. The van der Waals surface area contributed by atoms with Crippen LogP contribution < -0.4 is 5.32 Å². The number of aliphatic hydroxyl groups excluding tert-OH is 2. The maximum atomic E-state index is 12.4. The van der Waals surface area contributed by atoms with Crippen LogP contribution >= 0.6 is 0 Å². The van der Waals surface area contributed by atoms with Crippen molar-refractivity contribution in [1.29, 1.82) is 0 Å². The largest absolute Gasteiger partial charge is 0.466 e. The van der Waals surface area contributed by atoms with Crippen LogP contribution in [0.3, 0.4) is 0 Å². The van der Waals surface area contributed by atoms with Crippen molar-refractivity contribution in [2.24, 2.45) is 0 Å². The zero-order chi connectivity index (χ0) is 53.6. The summed E-state index contributed by atoms with van der Waals surface area (Å²) in [5.74, 6) is -0.0392. The molecule has 0 aliphatic heterocycles. The first-order chi connectivity index (χ1) is 36.5.